The van der Waals surface area contributed by atoms with E-state index < -0.39 is 0 Å². The zero-order valence-electron chi connectivity index (χ0n) is 7.70. The molecule has 68 valence electrons. The molecule has 3 heteroatoms. The number of hydrogen-bond acceptors (Lipinski definition) is 2. The zero-order chi connectivity index (χ0) is 8.97. The third kappa shape index (κ3) is 2.08. The number of aliphatic hydroxyl groups is 1. The van der Waals surface area contributed by atoms with E-state index in [2.05, 4.69) is 16.5 Å². The number of rotatable bonds is 4. The zero-order valence-corrected chi connectivity index (χ0v) is 7.70. The summed E-state index contributed by atoms with van der Waals surface area (Å²) in [5.41, 5.74) is 1.03. The van der Waals surface area contributed by atoms with Crippen LogP contribution in [0.3, 0.4) is 0 Å². The van der Waals surface area contributed by atoms with E-state index in [0.29, 0.717) is 6.04 Å². The Hall–Kier alpha value is -0.830. The molecule has 1 heterocycles. The molecule has 1 aromatic rings. The van der Waals surface area contributed by atoms with Gasteiger partial charge in [0.1, 0.15) is 0 Å². The topological polar surface area (TPSA) is 38.0 Å². The first-order valence-corrected chi connectivity index (χ1v) is 4.38. The third-order valence-electron chi connectivity index (χ3n) is 2.09. The Labute approximate surface area is 73.1 Å². The average molecular weight is 168 g/mol. The molecule has 1 N–H and O–H groups in total. The van der Waals surface area contributed by atoms with Crippen molar-refractivity contribution in [2.24, 2.45) is 0 Å². The number of imidazole rings is 1. The van der Waals surface area contributed by atoms with Gasteiger partial charge in [-0.15, -0.1) is 0 Å². The lowest BCUT2D eigenvalue weighted by Gasteiger charge is -2.14. The number of aryl methyl sites for hydroxylation is 1. The highest BCUT2D eigenvalue weighted by atomic mass is 16.3. The molecule has 0 amide bonds. The number of hydrogen-bond donors (Lipinski definition) is 1. The molecule has 0 saturated heterocycles. The summed E-state index contributed by atoms with van der Waals surface area (Å²) in [6.45, 7) is 4.34. The molecule has 0 aliphatic rings. The van der Waals surface area contributed by atoms with Crippen molar-refractivity contribution in [3.05, 3.63) is 18.2 Å². The first-order chi connectivity index (χ1) is 5.77. The fourth-order valence-corrected chi connectivity index (χ4v) is 1.35. The van der Waals surface area contributed by atoms with Gasteiger partial charge in [0.2, 0.25) is 0 Å². The van der Waals surface area contributed by atoms with Crippen LogP contribution < -0.4 is 0 Å². The van der Waals surface area contributed by atoms with E-state index in [4.69, 9.17) is 5.11 Å². The third-order valence-corrected chi connectivity index (χ3v) is 2.09. The second-order valence-corrected chi connectivity index (χ2v) is 3.04. The molecule has 3 nitrogen and oxygen atoms in total. The molecule has 0 radical (unpaired) electrons. The smallest absolute Gasteiger partial charge is 0.0951 e. The predicted molar refractivity (Wildman–Crippen MR) is 48.0 cm³/mol. The minimum absolute atomic E-state index is 0.246. The lowest BCUT2D eigenvalue weighted by atomic mass is 10.1. The van der Waals surface area contributed by atoms with Gasteiger partial charge < -0.3 is 9.67 Å². The van der Waals surface area contributed by atoms with Crippen molar-refractivity contribution in [3.63, 3.8) is 0 Å². The van der Waals surface area contributed by atoms with E-state index in [0.717, 1.165) is 18.5 Å². The summed E-state index contributed by atoms with van der Waals surface area (Å²) in [6, 6.07) is 0.399. The summed E-state index contributed by atoms with van der Waals surface area (Å²) < 4.78 is 2.07. The average Bonchev–Trinajstić information content (AvgIpc) is 2.47. The summed E-state index contributed by atoms with van der Waals surface area (Å²) in [5.74, 6) is 0. The van der Waals surface area contributed by atoms with E-state index in [-0.39, 0.29) is 6.61 Å². The van der Waals surface area contributed by atoms with Crippen molar-refractivity contribution in [1.29, 1.82) is 0 Å². The van der Waals surface area contributed by atoms with Crippen molar-refractivity contribution in [2.75, 3.05) is 6.61 Å². The van der Waals surface area contributed by atoms with Gasteiger partial charge in [-0.25, -0.2) is 4.98 Å². The van der Waals surface area contributed by atoms with Crippen LogP contribution in [-0.2, 0) is 0 Å². The normalized spacial score (nSPS) is 13.2. The molecule has 0 fully saturated rings. The quantitative estimate of drug-likeness (QED) is 0.740. The molecule has 1 rings (SSSR count). The number of aliphatic hydroxyl groups excluding tert-OH is 1. The Bertz CT molecular complexity index is 232. The van der Waals surface area contributed by atoms with Crippen molar-refractivity contribution in [1.82, 2.24) is 9.55 Å². The fourth-order valence-electron chi connectivity index (χ4n) is 1.35. The molecule has 12 heavy (non-hydrogen) atoms. The van der Waals surface area contributed by atoms with Crippen LogP contribution in [0.4, 0.5) is 0 Å². The Balaban J connectivity index is 2.66. The van der Waals surface area contributed by atoms with Gasteiger partial charge in [0.05, 0.1) is 12.0 Å². The van der Waals surface area contributed by atoms with Gasteiger partial charge in [-0.1, -0.05) is 6.92 Å². The lowest BCUT2D eigenvalue weighted by molar-refractivity contribution is 0.254. The van der Waals surface area contributed by atoms with Gasteiger partial charge in [0.25, 0.3) is 0 Å². The fraction of sp³-hybridized carbons (Fsp3) is 0.667. The van der Waals surface area contributed by atoms with Gasteiger partial charge >= 0.3 is 0 Å². The maximum atomic E-state index is 8.80. The Kier molecular flexibility index (Phi) is 3.29. The van der Waals surface area contributed by atoms with Crippen molar-refractivity contribution >= 4 is 0 Å². The maximum absolute atomic E-state index is 8.80. The molecule has 0 aromatic carbocycles. The van der Waals surface area contributed by atoms with Crippen LogP contribution >= 0.6 is 0 Å². The van der Waals surface area contributed by atoms with Crippen molar-refractivity contribution in [2.45, 2.75) is 32.7 Å². The number of nitrogens with zero attached hydrogens (tertiary/aromatic N) is 2. The molecule has 1 unspecified atom stereocenters. The van der Waals surface area contributed by atoms with Crippen LogP contribution in [0.25, 0.3) is 0 Å². The Morgan fingerprint density at radius 1 is 1.67 bits per heavy atom. The first-order valence-electron chi connectivity index (χ1n) is 4.38. The van der Waals surface area contributed by atoms with Crippen molar-refractivity contribution < 1.29 is 5.11 Å². The van der Waals surface area contributed by atoms with Gasteiger partial charge in [0, 0.05) is 18.8 Å². The van der Waals surface area contributed by atoms with Gasteiger partial charge in [-0.3, -0.25) is 0 Å². The minimum atomic E-state index is 0.246. The van der Waals surface area contributed by atoms with E-state index in [1.54, 1.807) is 0 Å². The van der Waals surface area contributed by atoms with Gasteiger partial charge in [-0.05, 0) is 19.8 Å². The van der Waals surface area contributed by atoms with E-state index in [1.807, 2.05) is 19.4 Å². The highest BCUT2D eigenvalue weighted by Gasteiger charge is 2.06. The number of aromatic nitrogens is 2. The highest BCUT2D eigenvalue weighted by Crippen LogP contribution is 2.15. The molecular weight excluding hydrogens is 152 g/mol. The monoisotopic (exact) mass is 168 g/mol. The first kappa shape index (κ1) is 9.26. The summed E-state index contributed by atoms with van der Waals surface area (Å²) in [5, 5.41) is 8.80. The lowest BCUT2D eigenvalue weighted by Crippen LogP contribution is -2.07. The summed E-state index contributed by atoms with van der Waals surface area (Å²) in [6.07, 6.45) is 5.70. The van der Waals surface area contributed by atoms with Crippen LogP contribution in [0, 0.1) is 6.92 Å². The largest absolute Gasteiger partial charge is 0.396 e. The standard InChI is InChI=1S/C9H16N2O/c1-3-9(4-5-12)11-6-8(2)10-7-11/h6-7,9,12H,3-5H2,1-2H3. The summed E-state index contributed by atoms with van der Waals surface area (Å²) in [4.78, 5) is 4.15. The molecule has 1 atom stereocenters. The minimum Gasteiger partial charge on any atom is -0.396 e. The van der Waals surface area contributed by atoms with E-state index in [9.17, 15) is 0 Å². The predicted octanol–water partition coefficient (Wildman–Crippen LogP) is 1.53. The summed E-state index contributed by atoms with van der Waals surface area (Å²) in [7, 11) is 0. The van der Waals surface area contributed by atoms with E-state index >= 15 is 0 Å². The Morgan fingerprint density at radius 2 is 2.42 bits per heavy atom. The second-order valence-electron chi connectivity index (χ2n) is 3.04. The molecule has 0 bridgehead atoms. The molecule has 0 saturated carbocycles. The molecule has 1 aromatic heterocycles. The van der Waals surface area contributed by atoms with Crippen LogP contribution in [0.5, 0.6) is 0 Å². The van der Waals surface area contributed by atoms with Crippen LogP contribution in [0.15, 0.2) is 12.5 Å². The SMILES string of the molecule is CCC(CCO)n1cnc(C)c1. The highest BCUT2D eigenvalue weighted by molar-refractivity contribution is 4.94. The maximum Gasteiger partial charge on any atom is 0.0951 e. The molecule has 0 aliphatic carbocycles. The van der Waals surface area contributed by atoms with Crippen LogP contribution in [0.2, 0.25) is 0 Å². The van der Waals surface area contributed by atoms with Crippen LogP contribution in [-0.4, -0.2) is 21.3 Å². The van der Waals surface area contributed by atoms with Crippen LogP contribution in [0.1, 0.15) is 31.5 Å². The molecule has 0 spiro atoms. The Morgan fingerprint density at radius 3 is 2.83 bits per heavy atom. The van der Waals surface area contributed by atoms with Gasteiger partial charge in [0.15, 0.2) is 0 Å². The van der Waals surface area contributed by atoms with Crippen molar-refractivity contribution in [3.8, 4) is 0 Å². The summed E-state index contributed by atoms with van der Waals surface area (Å²) >= 11 is 0. The van der Waals surface area contributed by atoms with E-state index in [1.165, 1.54) is 0 Å². The van der Waals surface area contributed by atoms with Gasteiger partial charge in [-0.2, -0.15) is 0 Å². The molecular formula is C9H16N2O. The molecule has 0 aliphatic heterocycles. The second kappa shape index (κ2) is 4.26.